The summed E-state index contributed by atoms with van der Waals surface area (Å²) in [6, 6.07) is 0. The zero-order valence-corrected chi connectivity index (χ0v) is 7.99. The molecule has 0 aliphatic carbocycles. The highest BCUT2D eigenvalue weighted by Crippen LogP contribution is 2.02. The second kappa shape index (κ2) is 6.74. The molecule has 1 unspecified atom stereocenters. The van der Waals surface area contributed by atoms with Gasteiger partial charge in [-0.25, -0.2) is 0 Å². The molecular weight excluding hydrogens is 187 g/mol. The van der Waals surface area contributed by atoms with Gasteiger partial charge in [-0.05, 0) is 6.42 Å². The third-order valence-corrected chi connectivity index (χ3v) is 1.93. The quantitative estimate of drug-likeness (QED) is 0.385. The van der Waals surface area contributed by atoms with E-state index >= 15 is 0 Å². The Labute approximate surface area is 76.8 Å². The second-order valence-corrected chi connectivity index (χ2v) is 2.98. The van der Waals surface area contributed by atoms with Crippen LogP contribution in [-0.4, -0.2) is 23.8 Å². The van der Waals surface area contributed by atoms with Crippen LogP contribution in [0.1, 0.15) is 19.8 Å². The molecule has 0 aromatic heterocycles. The smallest absolute Gasteiger partial charge is 0.325 e. The molecule has 0 saturated heterocycles. The van der Waals surface area contributed by atoms with Gasteiger partial charge < -0.3 is 4.74 Å². The molecule has 1 atom stereocenters. The number of halogens is 2. The zero-order valence-electron chi connectivity index (χ0n) is 6.48. The average Bonchev–Trinajstić information content (AvgIpc) is 2.03. The molecule has 66 valence electrons. The van der Waals surface area contributed by atoms with Crippen LogP contribution >= 0.6 is 23.2 Å². The predicted molar refractivity (Wildman–Crippen MR) is 46.2 cm³/mol. The van der Waals surface area contributed by atoms with Gasteiger partial charge >= 0.3 is 5.97 Å². The molecule has 0 spiro atoms. The Morgan fingerprint density at radius 3 is 2.73 bits per heavy atom. The van der Waals surface area contributed by atoms with Gasteiger partial charge in [-0.1, -0.05) is 13.3 Å². The fraction of sp³-hybridized carbons (Fsp3) is 0.857. The van der Waals surface area contributed by atoms with Crippen molar-refractivity contribution in [3.63, 3.8) is 0 Å². The van der Waals surface area contributed by atoms with Crippen LogP contribution in [0.15, 0.2) is 0 Å². The van der Waals surface area contributed by atoms with E-state index in [0.717, 1.165) is 12.8 Å². The molecule has 0 aliphatic rings. The van der Waals surface area contributed by atoms with Crippen molar-refractivity contribution in [2.24, 2.45) is 0 Å². The third-order valence-electron chi connectivity index (χ3n) is 1.13. The molecule has 4 heteroatoms. The molecule has 0 fully saturated rings. The van der Waals surface area contributed by atoms with Gasteiger partial charge in [0.15, 0.2) is 0 Å². The number of esters is 1. The largest absolute Gasteiger partial charge is 0.465 e. The maximum Gasteiger partial charge on any atom is 0.325 e. The van der Waals surface area contributed by atoms with E-state index in [1.54, 1.807) is 0 Å². The molecule has 0 N–H and O–H groups in total. The topological polar surface area (TPSA) is 26.3 Å². The molecule has 0 amide bonds. The van der Waals surface area contributed by atoms with Gasteiger partial charge in [0.25, 0.3) is 0 Å². The molecule has 0 aromatic carbocycles. The van der Waals surface area contributed by atoms with E-state index in [9.17, 15) is 4.79 Å². The first kappa shape index (κ1) is 11.1. The molecule has 0 saturated carbocycles. The van der Waals surface area contributed by atoms with Crippen LogP contribution in [-0.2, 0) is 9.53 Å². The summed E-state index contributed by atoms with van der Waals surface area (Å²) in [5, 5.41) is -0.700. The molecule has 0 aromatic rings. The minimum absolute atomic E-state index is 0.104. The maximum absolute atomic E-state index is 10.8. The number of rotatable bonds is 5. The monoisotopic (exact) mass is 198 g/mol. The Hall–Kier alpha value is 0.0500. The minimum atomic E-state index is -0.700. The van der Waals surface area contributed by atoms with E-state index < -0.39 is 11.3 Å². The van der Waals surface area contributed by atoms with Gasteiger partial charge in [0.2, 0.25) is 0 Å². The molecule has 0 aliphatic heterocycles. The van der Waals surface area contributed by atoms with Crippen LogP contribution in [0.5, 0.6) is 0 Å². The van der Waals surface area contributed by atoms with Crippen molar-refractivity contribution < 1.29 is 9.53 Å². The SMILES string of the molecule is CCCCOC(=O)C(Cl)CCl. The zero-order chi connectivity index (χ0) is 8.69. The summed E-state index contributed by atoms with van der Waals surface area (Å²) >= 11 is 10.8. The summed E-state index contributed by atoms with van der Waals surface area (Å²) in [4.78, 5) is 10.8. The molecule has 11 heavy (non-hydrogen) atoms. The summed E-state index contributed by atoms with van der Waals surface area (Å²) < 4.78 is 4.78. The summed E-state index contributed by atoms with van der Waals surface area (Å²) in [6.45, 7) is 2.46. The van der Waals surface area contributed by atoms with Crippen LogP contribution in [0.3, 0.4) is 0 Å². The summed E-state index contributed by atoms with van der Waals surface area (Å²) in [7, 11) is 0. The number of unbranched alkanes of at least 4 members (excludes halogenated alkanes) is 1. The normalized spacial score (nSPS) is 12.6. The van der Waals surface area contributed by atoms with Crippen molar-refractivity contribution in [3.8, 4) is 0 Å². The predicted octanol–water partition coefficient (Wildman–Crippen LogP) is 2.18. The Balaban J connectivity index is 3.36. The summed E-state index contributed by atoms with van der Waals surface area (Å²) in [6.07, 6.45) is 1.87. The first-order chi connectivity index (χ1) is 5.22. The van der Waals surface area contributed by atoms with E-state index in [4.69, 9.17) is 27.9 Å². The van der Waals surface area contributed by atoms with E-state index in [0.29, 0.717) is 6.61 Å². The highest BCUT2D eigenvalue weighted by atomic mass is 35.5. The van der Waals surface area contributed by atoms with Crippen LogP contribution in [0.25, 0.3) is 0 Å². The van der Waals surface area contributed by atoms with Gasteiger partial charge in [0.1, 0.15) is 5.38 Å². The summed E-state index contributed by atoms with van der Waals surface area (Å²) in [5.74, 6) is -0.318. The van der Waals surface area contributed by atoms with Crippen molar-refractivity contribution in [2.75, 3.05) is 12.5 Å². The number of carbonyl (C=O) groups excluding carboxylic acids is 1. The second-order valence-electron chi connectivity index (χ2n) is 2.14. The van der Waals surface area contributed by atoms with Crippen LogP contribution in [0.2, 0.25) is 0 Å². The van der Waals surface area contributed by atoms with E-state index in [1.165, 1.54) is 0 Å². The van der Waals surface area contributed by atoms with E-state index in [-0.39, 0.29) is 5.88 Å². The lowest BCUT2D eigenvalue weighted by Gasteiger charge is -2.05. The van der Waals surface area contributed by atoms with Gasteiger partial charge in [0.05, 0.1) is 6.61 Å². The fourth-order valence-electron chi connectivity index (χ4n) is 0.471. The van der Waals surface area contributed by atoms with Crippen molar-refractivity contribution in [1.29, 1.82) is 0 Å². The van der Waals surface area contributed by atoms with Crippen LogP contribution in [0.4, 0.5) is 0 Å². The number of ether oxygens (including phenoxy) is 1. The lowest BCUT2D eigenvalue weighted by Crippen LogP contribution is -2.19. The van der Waals surface area contributed by atoms with Gasteiger partial charge in [0, 0.05) is 5.88 Å². The van der Waals surface area contributed by atoms with Gasteiger partial charge in [-0.15, -0.1) is 23.2 Å². The molecule has 0 heterocycles. The number of alkyl halides is 2. The number of hydrogen-bond donors (Lipinski definition) is 0. The van der Waals surface area contributed by atoms with E-state index in [1.807, 2.05) is 6.92 Å². The first-order valence-electron chi connectivity index (χ1n) is 3.59. The maximum atomic E-state index is 10.8. The van der Waals surface area contributed by atoms with Crippen LogP contribution < -0.4 is 0 Å². The van der Waals surface area contributed by atoms with Crippen molar-refractivity contribution >= 4 is 29.2 Å². The fourth-order valence-corrected chi connectivity index (χ4v) is 0.659. The lowest BCUT2D eigenvalue weighted by molar-refractivity contribution is -0.142. The Kier molecular flexibility index (Phi) is 6.77. The molecule has 0 radical (unpaired) electrons. The van der Waals surface area contributed by atoms with Crippen LogP contribution in [0, 0.1) is 0 Å². The Bertz CT molecular complexity index is 117. The Morgan fingerprint density at radius 2 is 2.27 bits per heavy atom. The van der Waals surface area contributed by atoms with E-state index in [2.05, 4.69) is 0 Å². The Morgan fingerprint density at radius 1 is 1.64 bits per heavy atom. The number of carbonyl (C=O) groups is 1. The molecule has 2 nitrogen and oxygen atoms in total. The molecule has 0 rings (SSSR count). The standard InChI is InChI=1S/C7H12Cl2O2/c1-2-3-4-11-7(10)6(9)5-8/h6H,2-5H2,1H3. The molecular formula is C7H12Cl2O2. The third kappa shape index (κ3) is 5.33. The van der Waals surface area contributed by atoms with Crippen molar-refractivity contribution in [3.05, 3.63) is 0 Å². The van der Waals surface area contributed by atoms with Gasteiger partial charge in [-0.2, -0.15) is 0 Å². The van der Waals surface area contributed by atoms with Gasteiger partial charge in [-0.3, -0.25) is 4.79 Å². The van der Waals surface area contributed by atoms with Crippen molar-refractivity contribution in [2.45, 2.75) is 25.1 Å². The first-order valence-corrected chi connectivity index (χ1v) is 4.56. The number of hydrogen-bond acceptors (Lipinski definition) is 2. The average molecular weight is 199 g/mol. The minimum Gasteiger partial charge on any atom is -0.465 e. The molecule has 0 bridgehead atoms. The lowest BCUT2D eigenvalue weighted by atomic mass is 10.4. The highest BCUT2D eigenvalue weighted by Gasteiger charge is 2.14. The summed E-state index contributed by atoms with van der Waals surface area (Å²) in [5.41, 5.74) is 0. The highest BCUT2D eigenvalue weighted by molar-refractivity contribution is 6.35. The van der Waals surface area contributed by atoms with Crippen molar-refractivity contribution in [1.82, 2.24) is 0 Å².